The van der Waals surface area contributed by atoms with Gasteiger partial charge in [0.1, 0.15) is 48.2 Å². The Morgan fingerprint density at radius 1 is 0.956 bits per heavy atom. The number of aromatic amines is 1. The number of anilines is 1. The van der Waals surface area contributed by atoms with E-state index in [-0.39, 0.29) is 5.91 Å². The maximum absolute atomic E-state index is 13.9. The Labute approximate surface area is 259 Å². The second-order valence-electron chi connectivity index (χ2n) is 11.7. The average molecular weight is 620 g/mol. The maximum Gasteiger partial charge on any atom is 0.274 e. The molecule has 3 aliphatic rings. The topological polar surface area (TPSA) is 157 Å². The quantitative estimate of drug-likeness (QED) is 0.195. The van der Waals surface area contributed by atoms with Crippen LogP contribution in [-0.4, -0.2) is 120 Å². The molecule has 0 radical (unpaired) electrons. The number of hydrogen-bond acceptors (Lipinski definition) is 10. The fraction of sp³-hybridized carbons (Fsp3) is 0.424. The minimum atomic E-state index is -1.57. The van der Waals surface area contributed by atoms with Gasteiger partial charge in [-0.3, -0.25) is 9.69 Å². The van der Waals surface area contributed by atoms with E-state index in [1.165, 1.54) is 0 Å². The largest absolute Gasteiger partial charge is 0.492 e. The Balaban J connectivity index is 1.13. The summed E-state index contributed by atoms with van der Waals surface area (Å²) < 4.78 is 23.1. The van der Waals surface area contributed by atoms with Gasteiger partial charge in [-0.05, 0) is 41.6 Å². The molecule has 0 bridgehead atoms. The van der Waals surface area contributed by atoms with Gasteiger partial charge in [-0.2, -0.15) is 0 Å². The first-order chi connectivity index (χ1) is 21.9. The van der Waals surface area contributed by atoms with E-state index < -0.39 is 37.3 Å². The van der Waals surface area contributed by atoms with Crippen molar-refractivity contribution in [2.45, 2.75) is 37.1 Å². The van der Waals surface area contributed by atoms with E-state index >= 15 is 0 Å². The number of aromatic nitrogens is 1. The van der Waals surface area contributed by atoms with Gasteiger partial charge in [-0.15, -0.1) is 0 Å². The van der Waals surface area contributed by atoms with Gasteiger partial charge in [0, 0.05) is 48.5 Å². The molecule has 12 heteroatoms. The number of aliphatic hydroxyl groups is 4. The van der Waals surface area contributed by atoms with Crippen molar-refractivity contribution in [2.75, 3.05) is 57.5 Å². The van der Waals surface area contributed by atoms with Gasteiger partial charge in [-0.1, -0.05) is 24.3 Å². The first kappa shape index (κ1) is 29.9. The number of morpholine rings is 1. The number of carbonyl (C=O) groups is 1. The number of nitrogens with zero attached hydrogens (tertiary/aromatic N) is 2. The van der Waals surface area contributed by atoms with Crippen molar-refractivity contribution in [1.82, 2.24) is 9.88 Å². The van der Waals surface area contributed by atoms with Crippen molar-refractivity contribution < 1.29 is 44.2 Å². The Morgan fingerprint density at radius 3 is 2.56 bits per heavy atom. The third kappa shape index (κ3) is 5.74. The van der Waals surface area contributed by atoms with E-state index in [0.29, 0.717) is 36.7 Å². The average Bonchev–Trinajstić information content (AvgIpc) is 3.70. The second kappa shape index (κ2) is 12.6. The number of ether oxygens (including phenoxy) is 4. The first-order valence-corrected chi connectivity index (χ1v) is 15.3. The number of rotatable bonds is 8. The SMILES string of the molecule is O=C(c1cc2cc(OCCN3CCOCC3)ccc2[nH]1)N1CCc2c1cc(OC1OC(CO)C(O)C(O)C1O)c1ccccc21. The highest BCUT2D eigenvalue weighted by atomic mass is 16.7. The zero-order chi connectivity index (χ0) is 31.1. The Kier molecular flexibility index (Phi) is 8.36. The number of benzene rings is 3. The highest BCUT2D eigenvalue weighted by Gasteiger charge is 2.45. The summed E-state index contributed by atoms with van der Waals surface area (Å²) in [4.78, 5) is 21.2. The van der Waals surface area contributed by atoms with Crippen LogP contribution < -0.4 is 14.4 Å². The van der Waals surface area contributed by atoms with Crippen LogP contribution in [0.5, 0.6) is 11.5 Å². The third-order valence-corrected chi connectivity index (χ3v) is 8.91. The molecule has 5 atom stereocenters. The molecule has 2 saturated heterocycles. The van der Waals surface area contributed by atoms with Crippen molar-refractivity contribution in [3.05, 3.63) is 65.9 Å². The number of hydrogen-bond donors (Lipinski definition) is 5. The Bertz CT molecular complexity index is 1690. The smallest absolute Gasteiger partial charge is 0.274 e. The van der Waals surface area contributed by atoms with E-state index in [2.05, 4.69) is 9.88 Å². The van der Waals surface area contributed by atoms with Crippen LogP contribution in [0.15, 0.2) is 54.6 Å². The highest BCUT2D eigenvalue weighted by Crippen LogP contribution is 2.41. The summed E-state index contributed by atoms with van der Waals surface area (Å²) in [6.07, 6.45) is -6.45. The van der Waals surface area contributed by atoms with Gasteiger partial charge in [0.05, 0.1) is 25.5 Å². The number of amides is 1. The lowest BCUT2D eigenvalue weighted by Gasteiger charge is -2.39. The summed E-state index contributed by atoms with van der Waals surface area (Å²) in [6.45, 7) is 4.59. The van der Waals surface area contributed by atoms with Gasteiger partial charge >= 0.3 is 0 Å². The standard InChI is InChI=1S/C33H37N3O9/c37-18-28-29(38)30(39)31(40)33(45-28)44-27-17-26-22(21-3-1-2-4-23(21)27)7-8-36(26)32(41)25-16-19-15-20(5-6-24(19)34-25)43-14-11-35-9-12-42-13-10-35/h1-6,15-17,28-31,33-34,37-40H,7-14,18H2. The van der Waals surface area contributed by atoms with Gasteiger partial charge < -0.3 is 49.3 Å². The summed E-state index contributed by atoms with van der Waals surface area (Å²) in [5, 5.41) is 43.2. The van der Waals surface area contributed by atoms with Crippen molar-refractivity contribution in [3.63, 3.8) is 0 Å². The van der Waals surface area contributed by atoms with Gasteiger partial charge in [0.25, 0.3) is 5.91 Å². The van der Waals surface area contributed by atoms with E-state index in [9.17, 15) is 25.2 Å². The van der Waals surface area contributed by atoms with Gasteiger partial charge in [0.15, 0.2) is 0 Å². The predicted octanol–water partition coefficient (Wildman–Crippen LogP) is 1.41. The lowest BCUT2D eigenvalue weighted by atomic mass is 9.99. The van der Waals surface area contributed by atoms with E-state index in [1.807, 2.05) is 48.5 Å². The molecular weight excluding hydrogens is 582 g/mol. The van der Waals surface area contributed by atoms with Crippen LogP contribution in [-0.2, 0) is 15.9 Å². The van der Waals surface area contributed by atoms with Crippen molar-refractivity contribution in [2.24, 2.45) is 0 Å². The van der Waals surface area contributed by atoms with E-state index in [0.717, 1.165) is 65.8 Å². The molecule has 1 aromatic heterocycles. The predicted molar refractivity (Wildman–Crippen MR) is 165 cm³/mol. The fourth-order valence-electron chi connectivity index (χ4n) is 6.41. The molecule has 0 spiro atoms. The summed E-state index contributed by atoms with van der Waals surface area (Å²) in [5.74, 6) is 0.874. The summed E-state index contributed by atoms with van der Waals surface area (Å²) in [6, 6.07) is 16.9. The summed E-state index contributed by atoms with van der Waals surface area (Å²) in [7, 11) is 0. The van der Waals surface area contributed by atoms with Crippen LogP contribution in [0.2, 0.25) is 0 Å². The van der Waals surface area contributed by atoms with Crippen molar-refractivity contribution in [1.29, 1.82) is 0 Å². The molecule has 7 rings (SSSR count). The lowest BCUT2D eigenvalue weighted by molar-refractivity contribution is -0.277. The molecule has 2 fully saturated rings. The molecule has 0 saturated carbocycles. The molecule has 12 nitrogen and oxygen atoms in total. The highest BCUT2D eigenvalue weighted by molar-refractivity contribution is 6.11. The second-order valence-corrected chi connectivity index (χ2v) is 11.7. The molecule has 4 aromatic rings. The van der Waals surface area contributed by atoms with Crippen LogP contribution in [0, 0.1) is 0 Å². The van der Waals surface area contributed by atoms with Crippen LogP contribution in [0.25, 0.3) is 21.7 Å². The van der Waals surface area contributed by atoms with E-state index in [1.54, 1.807) is 11.0 Å². The maximum atomic E-state index is 13.9. The molecule has 4 heterocycles. The van der Waals surface area contributed by atoms with Gasteiger partial charge in [0.2, 0.25) is 6.29 Å². The summed E-state index contributed by atoms with van der Waals surface area (Å²) >= 11 is 0. The lowest BCUT2D eigenvalue weighted by Crippen LogP contribution is -2.60. The first-order valence-electron chi connectivity index (χ1n) is 15.3. The number of nitrogens with one attached hydrogen (secondary N) is 1. The summed E-state index contributed by atoms with van der Waals surface area (Å²) in [5.41, 5.74) is 2.92. The van der Waals surface area contributed by atoms with Crippen LogP contribution in [0.4, 0.5) is 5.69 Å². The van der Waals surface area contributed by atoms with Crippen molar-refractivity contribution >= 4 is 33.3 Å². The normalized spacial score (nSPS) is 25.5. The fourth-order valence-corrected chi connectivity index (χ4v) is 6.41. The number of H-pyrrole nitrogens is 1. The molecule has 5 N–H and O–H groups in total. The monoisotopic (exact) mass is 619 g/mol. The molecular formula is C33H37N3O9. The number of aliphatic hydroxyl groups excluding tert-OH is 4. The number of carbonyl (C=O) groups excluding carboxylic acids is 1. The van der Waals surface area contributed by atoms with E-state index in [4.69, 9.17) is 18.9 Å². The van der Waals surface area contributed by atoms with Gasteiger partial charge in [-0.25, -0.2) is 0 Å². The van der Waals surface area contributed by atoms with Crippen LogP contribution in [0.3, 0.4) is 0 Å². The molecule has 1 amide bonds. The third-order valence-electron chi connectivity index (χ3n) is 8.91. The van der Waals surface area contributed by atoms with Crippen LogP contribution >= 0.6 is 0 Å². The van der Waals surface area contributed by atoms with Crippen molar-refractivity contribution in [3.8, 4) is 11.5 Å². The zero-order valence-electron chi connectivity index (χ0n) is 24.7. The molecule has 45 heavy (non-hydrogen) atoms. The minimum absolute atomic E-state index is 0.200. The Morgan fingerprint density at radius 2 is 1.76 bits per heavy atom. The molecule has 0 aliphatic carbocycles. The molecule has 5 unspecified atom stereocenters. The van der Waals surface area contributed by atoms with Crippen LogP contribution in [0.1, 0.15) is 16.1 Å². The Hall–Kier alpha value is -3.75. The minimum Gasteiger partial charge on any atom is -0.492 e. The zero-order valence-corrected chi connectivity index (χ0v) is 24.7. The molecule has 3 aromatic carbocycles. The molecule has 238 valence electrons. The molecule has 3 aliphatic heterocycles. The number of fused-ring (bicyclic) bond motifs is 4.